The van der Waals surface area contributed by atoms with Gasteiger partial charge in [-0.3, -0.25) is 29.3 Å². The van der Waals surface area contributed by atoms with Crippen LogP contribution < -0.4 is 19.3 Å². The van der Waals surface area contributed by atoms with Gasteiger partial charge in [-0.1, -0.05) is 0 Å². The average molecular weight is 553 g/mol. The van der Waals surface area contributed by atoms with Gasteiger partial charge in [-0.25, -0.2) is 19.4 Å². The first kappa shape index (κ1) is 26.4. The van der Waals surface area contributed by atoms with Crippen molar-refractivity contribution in [2.24, 2.45) is 0 Å². The maximum atomic E-state index is 12.7. The molecule has 0 saturated carbocycles. The molecule has 41 heavy (non-hydrogen) atoms. The van der Waals surface area contributed by atoms with Crippen LogP contribution in [0.5, 0.6) is 11.5 Å². The second-order valence-corrected chi connectivity index (χ2v) is 8.45. The third kappa shape index (κ3) is 5.22. The van der Waals surface area contributed by atoms with Crippen LogP contribution in [0.3, 0.4) is 0 Å². The summed E-state index contributed by atoms with van der Waals surface area (Å²) >= 11 is 0. The van der Waals surface area contributed by atoms with Crippen LogP contribution in [0.15, 0.2) is 91.0 Å². The van der Waals surface area contributed by atoms with Gasteiger partial charge in [0.15, 0.2) is 0 Å². The van der Waals surface area contributed by atoms with Gasteiger partial charge in [0.25, 0.3) is 29.3 Å². The Balaban J connectivity index is 1.28. The normalized spacial score (nSPS) is 14.1. The smallest absolute Gasteiger partial charge is 0.350 e. The number of nitrogens with zero attached hydrogens (tertiary/aromatic N) is 3. The number of benzene rings is 3. The van der Waals surface area contributed by atoms with E-state index in [0.29, 0.717) is 0 Å². The largest absolute Gasteiger partial charge is 0.423 e. The molecule has 0 N–H and O–H groups in total. The standard InChI is InChI=1S/C28H15N3O10/c32-23-11-12-24(33)29(23)17-2-6-19(7-3-17)40-27(36)16-1-10-21(22(15-16)31(38)39)28(37)41-20-8-4-18(5-9-20)30-25(34)13-14-26(30)35/h1-15H. The molecule has 4 amide bonds. The van der Waals surface area contributed by atoms with Crippen molar-refractivity contribution in [2.75, 3.05) is 9.80 Å². The molecule has 0 spiro atoms. The molecule has 0 fully saturated rings. The van der Waals surface area contributed by atoms with Gasteiger partial charge in [0.1, 0.15) is 17.1 Å². The fraction of sp³-hybridized carbons (Fsp3) is 0. The Hall–Kier alpha value is -6.24. The summed E-state index contributed by atoms with van der Waals surface area (Å²) in [5, 5.41) is 11.7. The first-order chi connectivity index (χ1) is 19.6. The van der Waals surface area contributed by atoms with Crippen LogP contribution in [0.25, 0.3) is 0 Å². The van der Waals surface area contributed by atoms with E-state index in [4.69, 9.17) is 9.47 Å². The molecule has 0 atom stereocenters. The highest BCUT2D eigenvalue weighted by atomic mass is 16.6. The van der Waals surface area contributed by atoms with Crippen LogP contribution in [0, 0.1) is 10.1 Å². The molecule has 2 aliphatic heterocycles. The van der Waals surface area contributed by atoms with Crippen LogP contribution in [0.2, 0.25) is 0 Å². The number of hydrogen-bond donors (Lipinski definition) is 0. The van der Waals surface area contributed by atoms with E-state index >= 15 is 0 Å². The number of nitro groups is 1. The fourth-order valence-electron chi connectivity index (χ4n) is 3.95. The van der Waals surface area contributed by atoms with Crippen molar-refractivity contribution >= 4 is 52.6 Å². The van der Waals surface area contributed by atoms with Crippen molar-refractivity contribution in [3.63, 3.8) is 0 Å². The summed E-state index contributed by atoms with van der Waals surface area (Å²) in [6, 6.07) is 13.8. The summed E-state index contributed by atoms with van der Waals surface area (Å²) in [4.78, 5) is 85.2. The summed E-state index contributed by atoms with van der Waals surface area (Å²) < 4.78 is 10.4. The fourth-order valence-corrected chi connectivity index (χ4v) is 3.95. The van der Waals surface area contributed by atoms with E-state index in [-0.39, 0.29) is 28.4 Å². The molecule has 0 saturated heterocycles. The highest BCUT2D eigenvalue weighted by Gasteiger charge is 2.28. The molecule has 0 bridgehead atoms. The van der Waals surface area contributed by atoms with Gasteiger partial charge in [-0.15, -0.1) is 0 Å². The molecule has 3 aromatic carbocycles. The Kier molecular flexibility index (Phi) is 6.75. The van der Waals surface area contributed by atoms with Crippen molar-refractivity contribution in [3.05, 3.63) is 112 Å². The van der Waals surface area contributed by atoms with Crippen molar-refractivity contribution in [3.8, 4) is 11.5 Å². The van der Waals surface area contributed by atoms with Gasteiger partial charge in [0.2, 0.25) is 0 Å². The van der Waals surface area contributed by atoms with E-state index in [1.807, 2.05) is 0 Å². The third-order valence-electron chi connectivity index (χ3n) is 5.88. The number of imide groups is 2. The summed E-state index contributed by atoms with van der Waals surface area (Å²) in [7, 11) is 0. The summed E-state index contributed by atoms with van der Waals surface area (Å²) in [5.41, 5.74) is -0.891. The predicted molar refractivity (Wildman–Crippen MR) is 139 cm³/mol. The van der Waals surface area contributed by atoms with Crippen LogP contribution in [0.1, 0.15) is 20.7 Å². The predicted octanol–water partition coefficient (Wildman–Crippen LogP) is 2.89. The molecule has 0 aromatic heterocycles. The SMILES string of the molecule is O=C(Oc1ccc(N2C(=O)C=CC2=O)cc1)c1ccc(C(=O)Oc2ccc(N3C(=O)C=CC3=O)cc2)c([N+](=O)[O-])c1. The minimum Gasteiger partial charge on any atom is -0.423 e. The Morgan fingerprint density at radius 2 is 1.02 bits per heavy atom. The van der Waals surface area contributed by atoms with Gasteiger partial charge in [0, 0.05) is 30.4 Å². The molecule has 0 aliphatic carbocycles. The number of amides is 4. The summed E-state index contributed by atoms with van der Waals surface area (Å²) in [5.74, 6) is -4.13. The lowest BCUT2D eigenvalue weighted by Crippen LogP contribution is -2.29. The highest BCUT2D eigenvalue weighted by molar-refractivity contribution is 6.28. The minimum atomic E-state index is -1.09. The van der Waals surface area contributed by atoms with E-state index in [2.05, 4.69) is 0 Å². The zero-order valence-electron chi connectivity index (χ0n) is 20.6. The van der Waals surface area contributed by atoms with Gasteiger partial charge >= 0.3 is 11.9 Å². The molecule has 3 aromatic rings. The Morgan fingerprint density at radius 3 is 1.44 bits per heavy atom. The lowest BCUT2D eigenvalue weighted by atomic mass is 10.1. The monoisotopic (exact) mass is 553 g/mol. The molecule has 202 valence electrons. The number of rotatable bonds is 7. The number of carbonyl (C=O) groups excluding carboxylic acids is 6. The molecule has 13 nitrogen and oxygen atoms in total. The van der Waals surface area contributed by atoms with Crippen LogP contribution >= 0.6 is 0 Å². The quantitative estimate of drug-likeness (QED) is 0.139. The maximum absolute atomic E-state index is 12.7. The number of ether oxygens (including phenoxy) is 2. The molecule has 2 heterocycles. The highest BCUT2D eigenvalue weighted by Crippen LogP contribution is 2.27. The number of anilines is 2. The van der Waals surface area contributed by atoms with Crippen molar-refractivity contribution in [1.29, 1.82) is 0 Å². The molecule has 13 heteroatoms. The Morgan fingerprint density at radius 1 is 0.610 bits per heavy atom. The van der Waals surface area contributed by atoms with Gasteiger partial charge in [0.05, 0.1) is 21.9 Å². The van der Waals surface area contributed by atoms with Crippen molar-refractivity contribution in [2.45, 2.75) is 0 Å². The zero-order valence-corrected chi connectivity index (χ0v) is 20.6. The van der Waals surface area contributed by atoms with Crippen LogP contribution in [-0.2, 0) is 19.2 Å². The Bertz CT molecular complexity index is 1690. The maximum Gasteiger partial charge on any atom is 0.350 e. The lowest BCUT2D eigenvalue weighted by Gasteiger charge is -2.14. The number of esters is 2. The Labute approximate surface area is 229 Å². The molecular formula is C28H15N3O10. The number of carbonyl (C=O) groups is 6. The van der Waals surface area contributed by atoms with E-state index < -0.39 is 51.7 Å². The summed E-state index contributed by atoms with van der Waals surface area (Å²) in [6.07, 6.45) is 4.48. The zero-order chi connectivity index (χ0) is 29.3. The van der Waals surface area contributed by atoms with Crippen molar-refractivity contribution < 1.29 is 43.2 Å². The molecule has 0 unspecified atom stereocenters. The van der Waals surface area contributed by atoms with E-state index in [9.17, 15) is 38.9 Å². The van der Waals surface area contributed by atoms with Crippen LogP contribution in [-0.4, -0.2) is 40.5 Å². The molecule has 0 radical (unpaired) electrons. The second kappa shape index (κ2) is 10.5. The molecule has 5 rings (SSSR count). The van der Waals surface area contributed by atoms with Gasteiger partial charge < -0.3 is 9.47 Å². The number of hydrogen-bond acceptors (Lipinski definition) is 10. The molecular weight excluding hydrogens is 538 g/mol. The van der Waals surface area contributed by atoms with E-state index in [1.165, 1.54) is 48.5 Å². The topological polar surface area (TPSA) is 170 Å². The first-order valence-corrected chi connectivity index (χ1v) is 11.7. The van der Waals surface area contributed by atoms with Gasteiger partial charge in [-0.05, 0) is 60.7 Å². The minimum absolute atomic E-state index is 0.0138. The second-order valence-electron chi connectivity index (χ2n) is 8.45. The van der Waals surface area contributed by atoms with Crippen molar-refractivity contribution in [1.82, 2.24) is 0 Å². The lowest BCUT2D eigenvalue weighted by molar-refractivity contribution is -0.385. The van der Waals surface area contributed by atoms with Gasteiger partial charge in [-0.2, -0.15) is 0 Å². The van der Waals surface area contributed by atoms with Crippen LogP contribution in [0.4, 0.5) is 17.1 Å². The molecule has 2 aliphatic rings. The van der Waals surface area contributed by atoms with E-state index in [1.54, 1.807) is 0 Å². The number of nitro benzene ring substituents is 1. The van der Waals surface area contributed by atoms with E-state index in [0.717, 1.165) is 52.3 Å². The summed E-state index contributed by atoms with van der Waals surface area (Å²) in [6.45, 7) is 0. The third-order valence-corrected chi connectivity index (χ3v) is 5.88. The average Bonchev–Trinajstić information content (AvgIpc) is 3.48. The first-order valence-electron chi connectivity index (χ1n) is 11.7.